The van der Waals surface area contributed by atoms with E-state index >= 15 is 0 Å². The molecule has 0 saturated carbocycles. The molecule has 102 valence electrons. The summed E-state index contributed by atoms with van der Waals surface area (Å²) in [4.78, 5) is 12.2. The van der Waals surface area contributed by atoms with Crippen LogP contribution in [0.5, 0.6) is 0 Å². The topological polar surface area (TPSA) is 52.3 Å². The van der Waals surface area contributed by atoms with Gasteiger partial charge in [0.25, 0.3) is 0 Å². The molecular formula is C13H14ClNO2S2. The number of esters is 1. The van der Waals surface area contributed by atoms with Crippen LogP contribution in [0.4, 0.5) is 5.00 Å². The number of ether oxygens (including phenoxy) is 1. The van der Waals surface area contributed by atoms with E-state index in [2.05, 4.69) is 0 Å². The van der Waals surface area contributed by atoms with E-state index in [0.29, 0.717) is 14.9 Å². The molecule has 19 heavy (non-hydrogen) atoms. The summed E-state index contributed by atoms with van der Waals surface area (Å²) in [6, 6.07) is 1.82. The van der Waals surface area contributed by atoms with Crippen LogP contribution in [0.25, 0.3) is 11.1 Å². The van der Waals surface area contributed by atoms with Crippen LogP contribution in [-0.2, 0) is 4.74 Å². The van der Waals surface area contributed by atoms with Crippen molar-refractivity contribution in [1.29, 1.82) is 0 Å². The lowest BCUT2D eigenvalue weighted by Gasteiger charge is -2.19. The Morgan fingerprint density at radius 2 is 2.00 bits per heavy atom. The lowest BCUT2D eigenvalue weighted by molar-refractivity contribution is 0.00722. The Labute approximate surface area is 125 Å². The number of halogens is 1. The minimum Gasteiger partial charge on any atom is -0.456 e. The molecule has 2 heterocycles. The Bertz CT molecular complexity index is 610. The van der Waals surface area contributed by atoms with Crippen LogP contribution in [0.3, 0.4) is 0 Å². The minimum atomic E-state index is -0.547. The zero-order valence-corrected chi connectivity index (χ0v) is 13.2. The molecule has 6 heteroatoms. The van der Waals surface area contributed by atoms with Crippen molar-refractivity contribution in [3.63, 3.8) is 0 Å². The summed E-state index contributed by atoms with van der Waals surface area (Å²) in [5, 5.41) is 4.22. The fourth-order valence-electron chi connectivity index (χ4n) is 1.58. The number of carbonyl (C=O) groups is 1. The maximum atomic E-state index is 12.2. The quantitative estimate of drug-likeness (QED) is 0.819. The Morgan fingerprint density at radius 1 is 1.32 bits per heavy atom. The highest BCUT2D eigenvalue weighted by molar-refractivity contribution is 7.15. The molecule has 2 rings (SSSR count). The van der Waals surface area contributed by atoms with E-state index in [1.165, 1.54) is 22.7 Å². The molecule has 0 atom stereocenters. The number of nitrogens with two attached hydrogens (primary N) is 1. The monoisotopic (exact) mass is 315 g/mol. The highest BCUT2D eigenvalue weighted by Gasteiger charge is 2.24. The maximum Gasteiger partial charge on any atom is 0.342 e. The first-order chi connectivity index (χ1) is 8.78. The summed E-state index contributed by atoms with van der Waals surface area (Å²) in [5.41, 5.74) is 7.44. The Balaban J connectivity index is 2.41. The van der Waals surface area contributed by atoms with E-state index in [9.17, 15) is 4.79 Å². The maximum absolute atomic E-state index is 12.2. The van der Waals surface area contributed by atoms with Gasteiger partial charge < -0.3 is 10.5 Å². The van der Waals surface area contributed by atoms with Crippen LogP contribution >= 0.6 is 34.3 Å². The van der Waals surface area contributed by atoms with Crippen LogP contribution in [0.15, 0.2) is 16.8 Å². The molecule has 0 aliphatic rings. The van der Waals surface area contributed by atoms with Crippen LogP contribution in [-0.4, -0.2) is 11.6 Å². The lowest BCUT2D eigenvalue weighted by Crippen LogP contribution is -2.24. The molecule has 0 amide bonds. The first-order valence-corrected chi connectivity index (χ1v) is 7.76. The molecule has 0 spiro atoms. The highest BCUT2D eigenvalue weighted by atomic mass is 35.5. The molecule has 0 unspecified atom stereocenters. The van der Waals surface area contributed by atoms with Crippen molar-refractivity contribution in [3.05, 3.63) is 26.7 Å². The number of nitrogen functional groups attached to an aromatic ring is 1. The van der Waals surface area contributed by atoms with Crippen LogP contribution in [0.2, 0.25) is 4.34 Å². The molecule has 0 aliphatic heterocycles. The predicted octanol–water partition coefficient (Wildman–Crippen LogP) is 4.67. The van der Waals surface area contributed by atoms with Crippen molar-refractivity contribution in [2.24, 2.45) is 0 Å². The number of carbonyl (C=O) groups excluding carboxylic acids is 1. The van der Waals surface area contributed by atoms with Gasteiger partial charge in [0, 0.05) is 16.3 Å². The second kappa shape index (κ2) is 5.15. The summed E-state index contributed by atoms with van der Waals surface area (Å²) in [5.74, 6) is -0.399. The van der Waals surface area contributed by atoms with Gasteiger partial charge in [-0.2, -0.15) is 0 Å². The van der Waals surface area contributed by atoms with E-state index in [-0.39, 0.29) is 0 Å². The van der Waals surface area contributed by atoms with E-state index in [0.717, 1.165) is 11.1 Å². The van der Waals surface area contributed by atoms with Gasteiger partial charge in [-0.25, -0.2) is 4.79 Å². The third kappa shape index (κ3) is 3.29. The number of hydrogen-bond acceptors (Lipinski definition) is 5. The molecule has 0 aliphatic carbocycles. The smallest absolute Gasteiger partial charge is 0.342 e. The van der Waals surface area contributed by atoms with Gasteiger partial charge in [-0.1, -0.05) is 11.6 Å². The van der Waals surface area contributed by atoms with Gasteiger partial charge in [0.1, 0.15) is 16.2 Å². The molecule has 0 fully saturated rings. The normalized spacial score (nSPS) is 11.6. The van der Waals surface area contributed by atoms with Gasteiger partial charge in [0.05, 0.1) is 4.34 Å². The summed E-state index contributed by atoms with van der Waals surface area (Å²) >= 11 is 8.68. The molecule has 3 nitrogen and oxygen atoms in total. The van der Waals surface area contributed by atoms with Gasteiger partial charge in [0.2, 0.25) is 0 Å². The lowest BCUT2D eigenvalue weighted by atomic mass is 10.1. The zero-order chi connectivity index (χ0) is 14.2. The molecule has 0 aromatic carbocycles. The van der Waals surface area contributed by atoms with Gasteiger partial charge >= 0.3 is 5.97 Å². The van der Waals surface area contributed by atoms with E-state index in [1.807, 2.05) is 37.6 Å². The number of thiophene rings is 2. The first-order valence-electron chi connectivity index (χ1n) is 5.62. The number of rotatable bonds is 2. The first kappa shape index (κ1) is 14.4. The van der Waals surface area contributed by atoms with Crippen LogP contribution in [0.1, 0.15) is 31.1 Å². The van der Waals surface area contributed by atoms with Crippen molar-refractivity contribution < 1.29 is 9.53 Å². The average molecular weight is 316 g/mol. The van der Waals surface area contributed by atoms with Gasteiger partial charge in [0.15, 0.2) is 0 Å². The molecule has 2 aromatic rings. The number of hydrogen-bond donors (Lipinski definition) is 1. The van der Waals surface area contributed by atoms with E-state index < -0.39 is 11.6 Å². The minimum absolute atomic E-state index is 0.399. The fraction of sp³-hybridized carbons (Fsp3) is 0.308. The SMILES string of the molecule is CC(C)(C)OC(=O)c1c(-c2csc(Cl)c2)csc1N. The Hall–Kier alpha value is -1.04. The van der Waals surface area contributed by atoms with Gasteiger partial charge in [-0.3, -0.25) is 0 Å². The Kier molecular flexibility index (Phi) is 3.90. The van der Waals surface area contributed by atoms with Crippen LogP contribution < -0.4 is 5.73 Å². The molecule has 2 aromatic heterocycles. The van der Waals surface area contributed by atoms with Crippen molar-refractivity contribution in [2.75, 3.05) is 5.73 Å². The summed E-state index contributed by atoms with van der Waals surface area (Å²) < 4.78 is 6.07. The fourth-order valence-corrected chi connectivity index (χ4v) is 3.27. The van der Waals surface area contributed by atoms with Gasteiger partial charge in [-0.05, 0) is 32.4 Å². The molecule has 0 bridgehead atoms. The molecule has 2 N–H and O–H groups in total. The standard InChI is InChI=1S/C13H14ClNO2S2/c1-13(2,3)17-12(16)10-8(6-19-11(10)15)7-4-9(14)18-5-7/h4-6H,15H2,1-3H3. The summed E-state index contributed by atoms with van der Waals surface area (Å²) in [7, 11) is 0. The zero-order valence-electron chi connectivity index (χ0n) is 10.8. The van der Waals surface area contributed by atoms with Gasteiger partial charge in [-0.15, -0.1) is 22.7 Å². The predicted molar refractivity (Wildman–Crippen MR) is 82.2 cm³/mol. The van der Waals surface area contributed by atoms with Crippen molar-refractivity contribution in [2.45, 2.75) is 26.4 Å². The third-order valence-electron chi connectivity index (χ3n) is 2.30. The Morgan fingerprint density at radius 3 is 2.53 bits per heavy atom. The second-order valence-corrected chi connectivity index (χ2v) is 7.48. The van der Waals surface area contributed by atoms with E-state index in [1.54, 1.807) is 0 Å². The third-order valence-corrected chi connectivity index (χ3v) is 4.20. The summed E-state index contributed by atoms with van der Waals surface area (Å²) in [6.45, 7) is 5.48. The average Bonchev–Trinajstić information content (AvgIpc) is 2.81. The largest absolute Gasteiger partial charge is 0.456 e. The molecule has 0 saturated heterocycles. The van der Waals surface area contributed by atoms with Crippen molar-refractivity contribution >= 4 is 45.2 Å². The molecular weight excluding hydrogens is 302 g/mol. The second-order valence-electron chi connectivity index (χ2n) is 5.03. The van der Waals surface area contributed by atoms with Crippen LogP contribution in [0, 0.1) is 0 Å². The van der Waals surface area contributed by atoms with Crippen molar-refractivity contribution in [3.8, 4) is 11.1 Å². The summed E-state index contributed by atoms with van der Waals surface area (Å²) in [6.07, 6.45) is 0. The number of anilines is 1. The van der Waals surface area contributed by atoms with Crippen molar-refractivity contribution in [1.82, 2.24) is 0 Å². The highest BCUT2D eigenvalue weighted by Crippen LogP contribution is 2.37. The van der Waals surface area contributed by atoms with E-state index in [4.69, 9.17) is 22.1 Å². The molecule has 0 radical (unpaired) electrons.